The highest BCUT2D eigenvalue weighted by atomic mass is 32.2. The van der Waals surface area contributed by atoms with Crippen LogP contribution in [-0.2, 0) is 0 Å². The van der Waals surface area contributed by atoms with Crippen LogP contribution < -0.4 is 16.2 Å². The Morgan fingerprint density at radius 3 is 2.21 bits per heavy atom. The number of nitrogens with zero attached hydrogens (tertiary/aromatic N) is 1. The number of anilines is 2. The Kier molecular flexibility index (Phi) is 10.1. The number of unbranched alkanes of at least 4 members (excludes halogenated alkanes) is 2. The Morgan fingerprint density at radius 1 is 0.857 bits per heavy atom. The van der Waals surface area contributed by atoms with E-state index in [4.69, 9.17) is 16.2 Å². The summed E-state index contributed by atoms with van der Waals surface area (Å²) in [7, 11) is 0. The van der Waals surface area contributed by atoms with Crippen molar-refractivity contribution in [2.75, 3.05) is 37.7 Å². The zero-order valence-corrected chi connectivity index (χ0v) is 18.1. The van der Waals surface area contributed by atoms with Gasteiger partial charge in [-0.25, -0.2) is 0 Å². The number of hydrogen-bond acceptors (Lipinski definition) is 5. The van der Waals surface area contributed by atoms with E-state index < -0.39 is 0 Å². The van der Waals surface area contributed by atoms with Crippen molar-refractivity contribution >= 4 is 23.1 Å². The number of nitrogens with two attached hydrogens (primary N) is 2. The molecule has 154 valence electrons. The first-order valence-electron chi connectivity index (χ1n) is 10.4. The summed E-state index contributed by atoms with van der Waals surface area (Å²) < 4.78 is 6.12. The van der Waals surface area contributed by atoms with E-state index in [9.17, 15) is 0 Å². The van der Waals surface area contributed by atoms with Crippen LogP contribution in [0.4, 0.5) is 11.4 Å². The minimum absolute atomic E-state index is 0.614. The van der Waals surface area contributed by atoms with Crippen LogP contribution in [0.15, 0.2) is 52.3 Å². The maximum absolute atomic E-state index is 6.12. The number of para-hydroxylation sites is 1. The molecule has 28 heavy (non-hydrogen) atoms. The Hall–Kier alpha value is -1.85. The second-order valence-electron chi connectivity index (χ2n) is 7.09. The van der Waals surface area contributed by atoms with Crippen LogP contribution >= 0.6 is 11.8 Å². The first kappa shape index (κ1) is 22.4. The van der Waals surface area contributed by atoms with E-state index in [1.165, 1.54) is 38.8 Å². The van der Waals surface area contributed by atoms with E-state index in [-0.39, 0.29) is 0 Å². The molecule has 0 fully saturated rings. The predicted molar refractivity (Wildman–Crippen MR) is 122 cm³/mol. The molecule has 0 heterocycles. The molecule has 2 rings (SSSR count). The fraction of sp³-hybridized carbons (Fsp3) is 0.478. The van der Waals surface area contributed by atoms with E-state index in [1.807, 2.05) is 36.4 Å². The lowest BCUT2D eigenvalue weighted by Gasteiger charge is -2.22. The lowest BCUT2D eigenvalue weighted by Crippen LogP contribution is -2.28. The Balaban J connectivity index is 1.87. The number of nitrogen functional groups attached to an aromatic ring is 2. The van der Waals surface area contributed by atoms with Crippen LogP contribution in [0.5, 0.6) is 5.75 Å². The van der Waals surface area contributed by atoms with Gasteiger partial charge >= 0.3 is 0 Å². The Morgan fingerprint density at radius 2 is 1.54 bits per heavy atom. The molecule has 0 aromatic heterocycles. The summed E-state index contributed by atoms with van der Waals surface area (Å²) in [4.78, 5) is 4.74. The zero-order valence-electron chi connectivity index (χ0n) is 17.3. The molecule has 0 amide bonds. The molecule has 5 heteroatoms. The molecule has 0 saturated heterocycles. The molecule has 0 radical (unpaired) electrons. The van der Waals surface area contributed by atoms with Gasteiger partial charge in [0.2, 0.25) is 0 Å². The highest BCUT2D eigenvalue weighted by Gasteiger charge is 2.08. The third kappa shape index (κ3) is 7.64. The van der Waals surface area contributed by atoms with E-state index in [0.717, 1.165) is 35.1 Å². The standard InChI is InChI=1S/C23H35N3OS/c1-3-5-14-26(15-6-4-2)16-9-17-27-22-10-7-8-11-23(22)28-19-12-13-20(24)21(25)18-19/h7-8,10-13,18H,3-6,9,14-17,24-25H2,1-2H3. The average Bonchev–Trinajstić information content (AvgIpc) is 2.70. The lowest BCUT2D eigenvalue weighted by atomic mass is 10.2. The van der Waals surface area contributed by atoms with Crippen LogP contribution in [0.2, 0.25) is 0 Å². The third-order valence-corrected chi connectivity index (χ3v) is 5.71. The van der Waals surface area contributed by atoms with Crippen LogP contribution in [0, 0.1) is 0 Å². The molecule has 0 atom stereocenters. The van der Waals surface area contributed by atoms with Gasteiger partial charge in [0.15, 0.2) is 0 Å². The summed E-state index contributed by atoms with van der Waals surface area (Å²) in [5.74, 6) is 0.927. The summed E-state index contributed by atoms with van der Waals surface area (Å²) in [5, 5.41) is 0. The van der Waals surface area contributed by atoms with Crippen molar-refractivity contribution in [3.05, 3.63) is 42.5 Å². The summed E-state index contributed by atoms with van der Waals surface area (Å²) in [6.07, 6.45) is 6.09. The first-order valence-corrected chi connectivity index (χ1v) is 11.2. The number of benzene rings is 2. The summed E-state index contributed by atoms with van der Waals surface area (Å²) >= 11 is 1.65. The lowest BCUT2D eigenvalue weighted by molar-refractivity contribution is 0.227. The predicted octanol–water partition coefficient (Wildman–Crippen LogP) is 5.67. The first-order chi connectivity index (χ1) is 13.6. The van der Waals surface area contributed by atoms with Gasteiger partial charge in [-0.2, -0.15) is 0 Å². The van der Waals surface area contributed by atoms with Gasteiger partial charge in [0, 0.05) is 11.4 Å². The van der Waals surface area contributed by atoms with Gasteiger partial charge in [-0.05, 0) is 62.7 Å². The fourth-order valence-corrected chi connectivity index (χ4v) is 3.92. The Labute approximate surface area is 174 Å². The van der Waals surface area contributed by atoms with E-state index in [0.29, 0.717) is 11.4 Å². The molecule has 0 saturated carbocycles. The molecule has 0 spiro atoms. The summed E-state index contributed by atoms with van der Waals surface area (Å²) in [5.41, 5.74) is 13.0. The second-order valence-corrected chi connectivity index (χ2v) is 8.21. The van der Waals surface area contributed by atoms with Gasteiger partial charge in [0.25, 0.3) is 0 Å². The van der Waals surface area contributed by atoms with E-state index in [2.05, 4.69) is 24.8 Å². The molecular formula is C23H35N3OS. The van der Waals surface area contributed by atoms with Gasteiger partial charge in [-0.3, -0.25) is 0 Å². The SMILES string of the molecule is CCCCN(CCCC)CCCOc1ccccc1Sc1ccc(N)c(N)c1. The van der Waals surface area contributed by atoms with Crippen LogP contribution in [0.1, 0.15) is 46.0 Å². The topological polar surface area (TPSA) is 64.5 Å². The molecule has 4 N–H and O–H groups in total. The molecule has 0 aliphatic carbocycles. The summed E-state index contributed by atoms with van der Waals surface area (Å²) in [6.45, 7) is 8.73. The van der Waals surface area contributed by atoms with Crippen molar-refractivity contribution < 1.29 is 4.74 Å². The van der Waals surface area contributed by atoms with Gasteiger partial charge in [-0.15, -0.1) is 0 Å². The molecule has 2 aromatic carbocycles. The molecule has 0 aliphatic rings. The van der Waals surface area contributed by atoms with Crippen molar-refractivity contribution in [1.29, 1.82) is 0 Å². The van der Waals surface area contributed by atoms with Crippen molar-refractivity contribution in [1.82, 2.24) is 4.90 Å². The van der Waals surface area contributed by atoms with Crippen LogP contribution in [0.3, 0.4) is 0 Å². The van der Waals surface area contributed by atoms with Crippen molar-refractivity contribution in [3.63, 3.8) is 0 Å². The van der Waals surface area contributed by atoms with Gasteiger partial charge in [0.1, 0.15) is 5.75 Å². The largest absolute Gasteiger partial charge is 0.492 e. The fourth-order valence-electron chi connectivity index (χ4n) is 2.97. The smallest absolute Gasteiger partial charge is 0.133 e. The highest BCUT2D eigenvalue weighted by Crippen LogP contribution is 2.36. The molecule has 0 bridgehead atoms. The van der Waals surface area contributed by atoms with Crippen LogP contribution in [0.25, 0.3) is 0 Å². The van der Waals surface area contributed by atoms with E-state index >= 15 is 0 Å². The quantitative estimate of drug-likeness (QED) is 0.334. The van der Waals surface area contributed by atoms with Crippen molar-refractivity contribution in [2.24, 2.45) is 0 Å². The number of hydrogen-bond donors (Lipinski definition) is 2. The monoisotopic (exact) mass is 401 g/mol. The minimum atomic E-state index is 0.614. The minimum Gasteiger partial charge on any atom is -0.492 e. The molecule has 4 nitrogen and oxygen atoms in total. The molecule has 0 unspecified atom stereocenters. The normalized spacial score (nSPS) is 11.1. The number of rotatable bonds is 13. The zero-order chi connectivity index (χ0) is 20.2. The van der Waals surface area contributed by atoms with Gasteiger partial charge in [0.05, 0.1) is 22.9 Å². The second kappa shape index (κ2) is 12.6. The molecule has 0 aliphatic heterocycles. The van der Waals surface area contributed by atoms with Crippen LogP contribution in [-0.4, -0.2) is 31.1 Å². The Bertz CT molecular complexity index is 700. The van der Waals surface area contributed by atoms with Gasteiger partial charge in [-0.1, -0.05) is 50.6 Å². The van der Waals surface area contributed by atoms with Crippen molar-refractivity contribution in [3.8, 4) is 5.75 Å². The maximum atomic E-state index is 6.12. The molecule has 2 aromatic rings. The average molecular weight is 402 g/mol. The van der Waals surface area contributed by atoms with Crippen molar-refractivity contribution in [2.45, 2.75) is 55.7 Å². The van der Waals surface area contributed by atoms with E-state index in [1.54, 1.807) is 11.8 Å². The maximum Gasteiger partial charge on any atom is 0.133 e. The highest BCUT2D eigenvalue weighted by molar-refractivity contribution is 7.99. The van der Waals surface area contributed by atoms with Gasteiger partial charge < -0.3 is 21.1 Å². The number of ether oxygens (including phenoxy) is 1. The molecular weight excluding hydrogens is 366 g/mol. The third-order valence-electron chi connectivity index (χ3n) is 4.67. The summed E-state index contributed by atoms with van der Waals surface area (Å²) in [6, 6.07) is 13.9.